The molecule has 0 aliphatic carbocycles. The highest BCUT2D eigenvalue weighted by Crippen LogP contribution is 2.30. The van der Waals surface area contributed by atoms with E-state index in [9.17, 15) is 13.2 Å². The number of carbonyl (C=O) groups is 1. The molecular formula is C19H23NO5S. The summed E-state index contributed by atoms with van der Waals surface area (Å²) in [6, 6.07) is 11.0. The summed E-state index contributed by atoms with van der Waals surface area (Å²) in [5, 5.41) is 2.54. The van der Waals surface area contributed by atoms with E-state index in [1.54, 1.807) is 12.1 Å². The average molecular weight is 377 g/mol. The second kappa shape index (κ2) is 7.37. The number of amides is 1. The van der Waals surface area contributed by atoms with Crippen LogP contribution in [0.3, 0.4) is 0 Å². The number of ether oxygens (including phenoxy) is 1. The van der Waals surface area contributed by atoms with E-state index in [1.165, 1.54) is 32.2 Å². The summed E-state index contributed by atoms with van der Waals surface area (Å²) in [7, 11) is -2.62. The number of carbonyl (C=O) groups excluding carboxylic acids is 1. The topological polar surface area (TPSA) is 81.7 Å². The van der Waals surface area contributed by atoms with Crippen LogP contribution >= 0.6 is 0 Å². The second-order valence-corrected chi connectivity index (χ2v) is 8.40. The van der Waals surface area contributed by atoms with E-state index in [0.29, 0.717) is 5.75 Å². The van der Waals surface area contributed by atoms with Gasteiger partial charge in [0.2, 0.25) is 5.91 Å². The first kappa shape index (κ1) is 19.8. The monoisotopic (exact) mass is 377 g/mol. The highest BCUT2D eigenvalue weighted by atomic mass is 32.2. The number of hydrogen-bond donors (Lipinski definition) is 1. The van der Waals surface area contributed by atoms with Crippen molar-refractivity contribution in [2.75, 3.05) is 12.4 Å². The van der Waals surface area contributed by atoms with Gasteiger partial charge in [0.1, 0.15) is 16.4 Å². The molecule has 0 bridgehead atoms. The normalized spacial score (nSPS) is 11.7. The van der Waals surface area contributed by atoms with Crippen LogP contribution < -0.4 is 14.2 Å². The molecule has 0 aliphatic rings. The minimum Gasteiger partial charge on any atom is -0.495 e. The van der Waals surface area contributed by atoms with Gasteiger partial charge in [-0.05, 0) is 41.3 Å². The van der Waals surface area contributed by atoms with Gasteiger partial charge >= 0.3 is 10.1 Å². The van der Waals surface area contributed by atoms with Crippen LogP contribution in [0.1, 0.15) is 33.3 Å². The lowest BCUT2D eigenvalue weighted by Gasteiger charge is -2.19. The summed E-state index contributed by atoms with van der Waals surface area (Å²) in [6.07, 6.45) is 0. The summed E-state index contributed by atoms with van der Waals surface area (Å²) in [4.78, 5) is 11.2. The van der Waals surface area contributed by atoms with Gasteiger partial charge in [0.15, 0.2) is 0 Å². The Morgan fingerprint density at radius 3 is 2.15 bits per heavy atom. The molecule has 0 aliphatic heterocycles. The number of methoxy groups -OCH3 is 1. The van der Waals surface area contributed by atoms with Crippen molar-refractivity contribution < 1.29 is 22.1 Å². The van der Waals surface area contributed by atoms with E-state index in [4.69, 9.17) is 8.92 Å². The third kappa shape index (κ3) is 4.76. The van der Waals surface area contributed by atoms with Crippen LogP contribution in [0.5, 0.6) is 11.5 Å². The highest BCUT2D eigenvalue weighted by molar-refractivity contribution is 7.87. The van der Waals surface area contributed by atoms with Gasteiger partial charge in [-0.1, -0.05) is 32.9 Å². The molecule has 7 heteroatoms. The van der Waals surface area contributed by atoms with Crippen molar-refractivity contribution in [3.63, 3.8) is 0 Å². The summed E-state index contributed by atoms with van der Waals surface area (Å²) in [6.45, 7) is 7.54. The summed E-state index contributed by atoms with van der Waals surface area (Å²) in [5.41, 5.74) is 1.29. The van der Waals surface area contributed by atoms with Crippen molar-refractivity contribution in [2.24, 2.45) is 0 Å². The molecular weight excluding hydrogens is 354 g/mol. The maximum absolute atomic E-state index is 12.5. The Morgan fingerprint density at radius 1 is 1.04 bits per heavy atom. The molecule has 140 valence electrons. The molecule has 0 aromatic heterocycles. The number of rotatable bonds is 5. The fraction of sp³-hybridized carbons (Fsp3) is 0.316. The first-order chi connectivity index (χ1) is 12.0. The largest absolute Gasteiger partial charge is 0.495 e. The van der Waals surface area contributed by atoms with Crippen molar-refractivity contribution in [2.45, 2.75) is 38.0 Å². The van der Waals surface area contributed by atoms with E-state index in [-0.39, 0.29) is 27.7 Å². The lowest BCUT2D eigenvalue weighted by molar-refractivity contribution is -0.114. The zero-order chi connectivity index (χ0) is 19.5. The molecule has 1 N–H and O–H groups in total. The molecule has 2 rings (SSSR count). The first-order valence-electron chi connectivity index (χ1n) is 8.03. The quantitative estimate of drug-likeness (QED) is 0.803. The molecule has 2 aromatic carbocycles. The van der Waals surface area contributed by atoms with Crippen molar-refractivity contribution in [1.29, 1.82) is 0 Å². The second-order valence-electron chi connectivity index (χ2n) is 6.86. The van der Waals surface area contributed by atoms with Gasteiger partial charge in [-0.3, -0.25) is 4.79 Å². The van der Waals surface area contributed by atoms with Crippen LogP contribution in [-0.2, 0) is 20.3 Å². The predicted molar refractivity (Wildman–Crippen MR) is 100 cm³/mol. The zero-order valence-electron chi connectivity index (χ0n) is 15.5. The van der Waals surface area contributed by atoms with E-state index in [1.807, 2.05) is 12.1 Å². The Morgan fingerprint density at radius 2 is 1.65 bits per heavy atom. The van der Waals surface area contributed by atoms with E-state index >= 15 is 0 Å². The Kier molecular flexibility index (Phi) is 5.61. The fourth-order valence-electron chi connectivity index (χ4n) is 2.32. The Balaban J connectivity index is 2.31. The Labute approximate surface area is 154 Å². The standard InChI is InChI=1S/C19H23NO5S/c1-13(21)20-17-12-16(10-11-18(17)24-5)26(22,23)25-15-8-6-14(7-9-15)19(2,3)4/h6-12H,1-5H3,(H,20,21). The third-order valence-electron chi connectivity index (χ3n) is 3.70. The van der Waals surface area contributed by atoms with Crippen LogP contribution in [0.15, 0.2) is 47.4 Å². The molecule has 26 heavy (non-hydrogen) atoms. The third-order valence-corrected chi connectivity index (χ3v) is 4.94. The van der Waals surface area contributed by atoms with Crippen molar-refractivity contribution >= 4 is 21.7 Å². The number of anilines is 1. The minimum atomic E-state index is -4.05. The maximum Gasteiger partial charge on any atom is 0.339 e. The predicted octanol–water partition coefficient (Wildman–Crippen LogP) is 3.72. The lowest BCUT2D eigenvalue weighted by Crippen LogP contribution is -2.13. The Bertz CT molecular complexity index is 897. The van der Waals surface area contributed by atoms with E-state index in [2.05, 4.69) is 26.1 Å². The average Bonchev–Trinajstić information content (AvgIpc) is 2.53. The van der Waals surface area contributed by atoms with Crippen LogP contribution in [0.4, 0.5) is 5.69 Å². The maximum atomic E-state index is 12.5. The SMILES string of the molecule is COc1ccc(S(=O)(=O)Oc2ccc(C(C)(C)C)cc2)cc1NC(C)=O. The molecule has 1 amide bonds. The van der Waals surface area contributed by atoms with Crippen LogP contribution in [0, 0.1) is 0 Å². The molecule has 0 saturated carbocycles. The van der Waals surface area contributed by atoms with Crippen molar-refractivity contribution in [1.82, 2.24) is 0 Å². The van der Waals surface area contributed by atoms with Gasteiger partial charge in [0.25, 0.3) is 0 Å². The van der Waals surface area contributed by atoms with Crippen LogP contribution in [0.25, 0.3) is 0 Å². The van der Waals surface area contributed by atoms with Gasteiger partial charge in [-0.15, -0.1) is 0 Å². The minimum absolute atomic E-state index is 0.0410. The smallest absolute Gasteiger partial charge is 0.339 e. The fourth-order valence-corrected chi connectivity index (χ4v) is 3.27. The highest BCUT2D eigenvalue weighted by Gasteiger charge is 2.20. The molecule has 0 saturated heterocycles. The van der Waals surface area contributed by atoms with Gasteiger partial charge in [0.05, 0.1) is 12.8 Å². The first-order valence-corrected chi connectivity index (χ1v) is 9.44. The number of hydrogen-bond acceptors (Lipinski definition) is 5. The molecule has 0 heterocycles. The molecule has 0 spiro atoms. The number of benzene rings is 2. The van der Waals surface area contributed by atoms with Gasteiger partial charge < -0.3 is 14.2 Å². The van der Waals surface area contributed by atoms with Gasteiger partial charge in [-0.2, -0.15) is 8.42 Å². The Hall–Kier alpha value is -2.54. The van der Waals surface area contributed by atoms with Gasteiger partial charge in [-0.25, -0.2) is 0 Å². The van der Waals surface area contributed by atoms with Crippen molar-refractivity contribution in [3.8, 4) is 11.5 Å². The van der Waals surface area contributed by atoms with Crippen LogP contribution in [0.2, 0.25) is 0 Å². The summed E-state index contributed by atoms with van der Waals surface area (Å²) in [5.74, 6) is 0.236. The molecule has 0 unspecified atom stereocenters. The molecule has 0 radical (unpaired) electrons. The van der Waals surface area contributed by atoms with Crippen LogP contribution in [-0.4, -0.2) is 21.4 Å². The summed E-state index contributed by atoms with van der Waals surface area (Å²) < 4.78 is 35.4. The van der Waals surface area contributed by atoms with Gasteiger partial charge in [0, 0.05) is 6.92 Å². The van der Waals surface area contributed by atoms with E-state index < -0.39 is 10.1 Å². The van der Waals surface area contributed by atoms with Crippen molar-refractivity contribution in [3.05, 3.63) is 48.0 Å². The lowest BCUT2D eigenvalue weighted by atomic mass is 9.87. The molecule has 2 aromatic rings. The molecule has 6 nitrogen and oxygen atoms in total. The summed E-state index contributed by atoms with van der Waals surface area (Å²) >= 11 is 0. The molecule has 0 fully saturated rings. The number of nitrogens with one attached hydrogen (secondary N) is 1. The zero-order valence-corrected chi connectivity index (χ0v) is 16.3. The molecule has 0 atom stereocenters. The van der Waals surface area contributed by atoms with E-state index in [0.717, 1.165) is 5.56 Å².